The van der Waals surface area contributed by atoms with Crippen molar-refractivity contribution in [3.8, 4) is 0 Å². The van der Waals surface area contributed by atoms with E-state index in [4.69, 9.17) is 0 Å². The van der Waals surface area contributed by atoms with Crippen molar-refractivity contribution in [3.63, 3.8) is 0 Å². The van der Waals surface area contributed by atoms with Gasteiger partial charge in [-0.15, -0.1) is 8.58 Å². The van der Waals surface area contributed by atoms with Crippen LogP contribution in [0.2, 0.25) is 0 Å². The molecule has 0 aliphatic heterocycles. The van der Waals surface area contributed by atoms with E-state index >= 15 is 0 Å². The first-order valence-electron chi connectivity index (χ1n) is 3.12. The molecule has 0 fully saturated rings. The minimum atomic E-state index is 0. The third kappa shape index (κ3) is 10.4. The molecule has 2 heteroatoms. The van der Waals surface area contributed by atoms with Crippen molar-refractivity contribution in [2.75, 3.05) is 12.3 Å². The van der Waals surface area contributed by atoms with Crippen LogP contribution >= 0.6 is 8.58 Å². The van der Waals surface area contributed by atoms with Gasteiger partial charge in [0, 0.05) is 0 Å². The molecule has 0 unspecified atom stereocenters. The second kappa shape index (κ2) is 11.3. The van der Waals surface area contributed by atoms with E-state index in [-0.39, 0.29) is 29.6 Å². The van der Waals surface area contributed by atoms with E-state index in [0.717, 1.165) is 0 Å². The van der Waals surface area contributed by atoms with Gasteiger partial charge < -0.3 is 0 Å². The molecule has 0 spiro atoms. The van der Waals surface area contributed by atoms with Crippen LogP contribution in [-0.4, -0.2) is 41.9 Å². The molecule has 8 heavy (non-hydrogen) atoms. The van der Waals surface area contributed by atoms with E-state index in [1.165, 1.54) is 33.7 Å². The maximum absolute atomic E-state index is 2.25. The van der Waals surface area contributed by atoms with Gasteiger partial charge >= 0.3 is 29.6 Å². The van der Waals surface area contributed by atoms with Crippen LogP contribution in [0, 0.1) is 0 Å². The topological polar surface area (TPSA) is 0 Å². The van der Waals surface area contributed by atoms with Crippen molar-refractivity contribution in [2.45, 2.75) is 26.7 Å². The van der Waals surface area contributed by atoms with Crippen LogP contribution in [0.4, 0.5) is 0 Å². The van der Waals surface area contributed by atoms with Crippen molar-refractivity contribution >= 4 is 38.1 Å². The molecule has 0 N–H and O–H groups in total. The zero-order valence-electron chi connectivity index (χ0n) is 5.33. The van der Waals surface area contributed by atoms with E-state index in [0.29, 0.717) is 0 Å². The fourth-order valence-corrected chi connectivity index (χ4v) is 1.44. The Morgan fingerprint density at radius 3 is 1.62 bits per heavy atom. The summed E-state index contributed by atoms with van der Waals surface area (Å²) in [6.45, 7) is 4.51. The van der Waals surface area contributed by atoms with Crippen LogP contribution in [0.5, 0.6) is 0 Å². The summed E-state index contributed by atoms with van der Waals surface area (Å²) in [5.74, 6) is 0. The Morgan fingerprint density at radius 2 is 1.38 bits per heavy atom. The third-order valence-electron chi connectivity index (χ3n) is 0.854. The Labute approximate surface area is 76.9 Å². The van der Waals surface area contributed by atoms with E-state index < -0.39 is 0 Å². The van der Waals surface area contributed by atoms with Crippen molar-refractivity contribution in [1.29, 1.82) is 0 Å². The summed E-state index contributed by atoms with van der Waals surface area (Å²) in [6, 6.07) is 0. The molecule has 0 bridgehead atoms. The van der Waals surface area contributed by atoms with Gasteiger partial charge in [0.2, 0.25) is 0 Å². The van der Waals surface area contributed by atoms with Crippen molar-refractivity contribution in [1.82, 2.24) is 0 Å². The second-order valence-corrected chi connectivity index (χ2v) is 3.25. The molecule has 0 amide bonds. The first kappa shape index (κ1) is 12.1. The average Bonchev–Trinajstić information content (AvgIpc) is 1.69. The van der Waals surface area contributed by atoms with Gasteiger partial charge in [0.1, 0.15) is 0 Å². The molecule has 0 aliphatic carbocycles. The van der Waals surface area contributed by atoms with Crippen LogP contribution in [0.15, 0.2) is 0 Å². The molecule has 0 aromatic carbocycles. The van der Waals surface area contributed by atoms with Gasteiger partial charge in [0.25, 0.3) is 0 Å². The molecule has 0 radical (unpaired) electrons. The molecule has 0 nitrogen and oxygen atoms in total. The van der Waals surface area contributed by atoms with Gasteiger partial charge in [-0.2, -0.15) is 0 Å². The summed E-state index contributed by atoms with van der Waals surface area (Å²) in [4.78, 5) is 0. The molecule has 0 aromatic heterocycles. The third-order valence-corrected chi connectivity index (χ3v) is 2.56. The van der Waals surface area contributed by atoms with Crippen molar-refractivity contribution in [3.05, 3.63) is 0 Å². The Hall–Kier alpha value is 1.43. The maximum atomic E-state index is 2.25. The van der Waals surface area contributed by atoms with Gasteiger partial charge in [0.05, 0.1) is 0 Å². The molecule has 0 saturated carbocycles. The van der Waals surface area contributed by atoms with Gasteiger partial charge in [-0.25, -0.2) is 0 Å². The van der Waals surface area contributed by atoms with Gasteiger partial charge in [-0.1, -0.05) is 26.7 Å². The monoisotopic (exact) mass is 142 g/mol. The minimum absolute atomic E-state index is 0. The van der Waals surface area contributed by atoms with Gasteiger partial charge in [-0.3, -0.25) is 0 Å². The Morgan fingerprint density at radius 1 is 1.00 bits per heavy atom. The van der Waals surface area contributed by atoms with Crippen molar-refractivity contribution < 1.29 is 0 Å². The quantitative estimate of drug-likeness (QED) is 0.319. The number of hydrogen-bond acceptors (Lipinski definition) is 0. The Balaban J connectivity index is 0. The summed E-state index contributed by atoms with van der Waals surface area (Å²) in [7, 11) is 1.23. The molecule has 0 atom stereocenters. The molecule has 0 heterocycles. The predicted octanol–water partition coefficient (Wildman–Crippen LogP) is 1.84. The van der Waals surface area contributed by atoms with Crippen molar-refractivity contribution in [2.24, 2.45) is 0 Å². The van der Waals surface area contributed by atoms with Gasteiger partial charge in [0.15, 0.2) is 0 Å². The van der Waals surface area contributed by atoms with E-state index in [2.05, 4.69) is 13.8 Å². The molecule has 0 saturated heterocycles. The number of rotatable bonds is 4. The van der Waals surface area contributed by atoms with E-state index in [1.54, 1.807) is 0 Å². The zero-order chi connectivity index (χ0) is 5.54. The van der Waals surface area contributed by atoms with Crippen LogP contribution in [0.1, 0.15) is 26.7 Å². The Kier molecular flexibility index (Phi) is 17.1. The fourth-order valence-electron chi connectivity index (χ4n) is 0.479. The molecule has 0 aromatic rings. The molecule has 46 valence electrons. The normalized spacial score (nSPS) is 8.25. The van der Waals surface area contributed by atoms with E-state index in [9.17, 15) is 0 Å². The first-order valence-corrected chi connectivity index (χ1v) is 4.54. The standard InChI is InChI=1S/C6H15P.Na.H/c1-3-5-7-6-4-2;;/h7H,3-6H2,1-2H3;;. The summed E-state index contributed by atoms with van der Waals surface area (Å²) in [5, 5.41) is 0. The molecule has 0 rings (SSSR count). The van der Waals surface area contributed by atoms with Crippen LogP contribution in [0.25, 0.3) is 0 Å². The second-order valence-electron chi connectivity index (χ2n) is 1.75. The Bertz CT molecular complexity index is 27.7. The summed E-state index contributed by atoms with van der Waals surface area (Å²) >= 11 is 0. The average molecular weight is 142 g/mol. The molecular formula is C6H16NaP. The van der Waals surface area contributed by atoms with E-state index in [1.807, 2.05) is 0 Å². The van der Waals surface area contributed by atoms with Gasteiger partial charge in [-0.05, 0) is 12.3 Å². The van der Waals surface area contributed by atoms with Crippen LogP contribution < -0.4 is 0 Å². The SMILES string of the molecule is CCCPCCC.[NaH]. The number of hydrogen-bond donors (Lipinski definition) is 0. The van der Waals surface area contributed by atoms with Crippen LogP contribution in [0.3, 0.4) is 0 Å². The zero-order valence-corrected chi connectivity index (χ0v) is 6.33. The first-order chi connectivity index (χ1) is 3.41. The predicted molar refractivity (Wildman–Crippen MR) is 45.8 cm³/mol. The summed E-state index contributed by atoms with van der Waals surface area (Å²) in [6.07, 6.45) is 5.65. The summed E-state index contributed by atoms with van der Waals surface area (Å²) in [5.41, 5.74) is 0. The molecule has 0 aliphatic rings. The fraction of sp³-hybridized carbons (Fsp3) is 1.00. The molecular weight excluding hydrogens is 126 g/mol. The summed E-state index contributed by atoms with van der Waals surface area (Å²) < 4.78 is 0. The van der Waals surface area contributed by atoms with Crippen LogP contribution in [-0.2, 0) is 0 Å².